The average molecular weight is 249 g/mol. The predicted octanol–water partition coefficient (Wildman–Crippen LogP) is 1.08. The molecule has 16 heavy (non-hydrogen) atoms. The van der Waals surface area contributed by atoms with Crippen LogP contribution in [0.15, 0.2) is 17.0 Å². The summed E-state index contributed by atoms with van der Waals surface area (Å²) in [6, 6.07) is 1.06. The molecule has 0 saturated heterocycles. The zero-order chi connectivity index (χ0) is 12.5. The van der Waals surface area contributed by atoms with Gasteiger partial charge in [-0.15, -0.1) is 0 Å². The SMILES string of the molecule is CNS(=O)(=O)c1cc(C(C)=O)c(F)cc1F. The van der Waals surface area contributed by atoms with Gasteiger partial charge >= 0.3 is 0 Å². The number of hydrogen-bond donors (Lipinski definition) is 1. The summed E-state index contributed by atoms with van der Waals surface area (Å²) in [7, 11) is -2.96. The number of ketones is 1. The number of rotatable bonds is 3. The Morgan fingerprint density at radius 2 is 1.81 bits per heavy atom. The van der Waals surface area contributed by atoms with E-state index in [1.807, 2.05) is 4.72 Å². The molecule has 0 heterocycles. The molecule has 1 rings (SSSR count). The summed E-state index contributed by atoms with van der Waals surface area (Å²) in [4.78, 5) is 10.2. The third-order valence-corrected chi connectivity index (χ3v) is 3.39. The molecule has 0 spiro atoms. The summed E-state index contributed by atoms with van der Waals surface area (Å²) < 4.78 is 50.8. The zero-order valence-electron chi connectivity index (χ0n) is 8.54. The number of benzene rings is 1. The Kier molecular flexibility index (Phi) is 3.39. The minimum absolute atomic E-state index is 0.376. The van der Waals surface area contributed by atoms with E-state index in [1.54, 1.807) is 0 Å². The molecule has 0 atom stereocenters. The molecule has 0 radical (unpaired) electrons. The van der Waals surface area contributed by atoms with E-state index < -0.39 is 37.9 Å². The first-order valence-corrected chi connectivity index (χ1v) is 5.71. The Balaban J connectivity index is 3.55. The summed E-state index contributed by atoms with van der Waals surface area (Å²) >= 11 is 0. The second-order valence-electron chi connectivity index (χ2n) is 3.03. The van der Waals surface area contributed by atoms with Crippen LogP contribution in [-0.2, 0) is 10.0 Å². The van der Waals surface area contributed by atoms with E-state index in [9.17, 15) is 22.0 Å². The van der Waals surface area contributed by atoms with Gasteiger partial charge in [0.1, 0.15) is 16.5 Å². The Labute approximate surface area is 91.3 Å². The van der Waals surface area contributed by atoms with Gasteiger partial charge in [-0.05, 0) is 20.0 Å². The van der Waals surface area contributed by atoms with Crippen LogP contribution in [0.4, 0.5) is 8.78 Å². The van der Waals surface area contributed by atoms with Crippen LogP contribution < -0.4 is 4.72 Å². The third kappa shape index (κ3) is 2.25. The largest absolute Gasteiger partial charge is 0.294 e. The molecule has 0 aromatic heterocycles. The van der Waals surface area contributed by atoms with E-state index in [2.05, 4.69) is 0 Å². The van der Waals surface area contributed by atoms with Gasteiger partial charge in [0.25, 0.3) is 0 Å². The van der Waals surface area contributed by atoms with Gasteiger partial charge in [-0.1, -0.05) is 0 Å². The van der Waals surface area contributed by atoms with Crippen LogP contribution in [-0.4, -0.2) is 21.2 Å². The van der Waals surface area contributed by atoms with Gasteiger partial charge in [0.2, 0.25) is 10.0 Å². The molecule has 0 unspecified atom stereocenters. The lowest BCUT2D eigenvalue weighted by Crippen LogP contribution is -2.20. The molecular weight excluding hydrogens is 240 g/mol. The summed E-state index contributed by atoms with van der Waals surface area (Å²) in [5.74, 6) is -3.00. The van der Waals surface area contributed by atoms with Crippen LogP contribution in [0.2, 0.25) is 0 Å². The van der Waals surface area contributed by atoms with Crippen molar-refractivity contribution in [2.45, 2.75) is 11.8 Å². The van der Waals surface area contributed by atoms with Crippen LogP contribution >= 0.6 is 0 Å². The van der Waals surface area contributed by atoms with Gasteiger partial charge in [-0.2, -0.15) is 0 Å². The van der Waals surface area contributed by atoms with Crippen molar-refractivity contribution in [1.29, 1.82) is 0 Å². The molecular formula is C9H9F2NO3S. The average Bonchev–Trinajstić information content (AvgIpc) is 2.16. The van der Waals surface area contributed by atoms with Crippen LogP contribution in [0.5, 0.6) is 0 Å². The molecule has 1 N–H and O–H groups in total. The molecule has 1 aromatic rings. The highest BCUT2D eigenvalue weighted by Gasteiger charge is 2.21. The van der Waals surface area contributed by atoms with Crippen LogP contribution in [0, 0.1) is 11.6 Å². The maximum Gasteiger partial charge on any atom is 0.243 e. The molecule has 0 aliphatic rings. The van der Waals surface area contributed by atoms with E-state index in [1.165, 1.54) is 0 Å². The van der Waals surface area contributed by atoms with Gasteiger partial charge in [0.15, 0.2) is 5.78 Å². The van der Waals surface area contributed by atoms with Crippen molar-refractivity contribution < 1.29 is 22.0 Å². The standard InChI is InChI=1S/C9H9F2NO3S/c1-5(13)6-3-9(16(14,15)12-2)8(11)4-7(6)10/h3-4,12H,1-2H3. The van der Waals surface area contributed by atoms with E-state index in [0.29, 0.717) is 12.1 Å². The summed E-state index contributed by atoms with van der Waals surface area (Å²) in [6.45, 7) is 1.06. The number of Topliss-reactive ketones (excluding diaryl/α,β-unsaturated/α-hetero) is 1. The highest BCUT2D eigenvalue weighted by molar-refractivity contribution is 7.89. The van der Waals surface area contributed by atoms with Gasteiger partial charge in [0, 0.05) is 6.07 Å². The maximum atomic E-state index is 13.2. The maximum absolute atomic E-state index is 13.2. The lowest BCUT2D eigenvalue weighted by molar-refractivity contribution is 0.101. The van der Waals surface area contributed by atoms with E-state index >= 15 is 0 Å². The van der Waals surface area contributed by atoms with Crippen molar-refractivity contribution in [2.24, 2.45) is 0 Å². The van der Waals surface area contributed by atoms with E-state index in [4.69, 9.17) is 0 Å². The van der Waals surface area contributed by atoms with Crippen molar-refractivity contribution in [3.63, 3.8) is 0 Å². The van der Waals surface area contributed by atoms with Crippen LogP contribution in [0.25, 0.3) is 0 Å². The lowest BCUT2D eigenvalue weighted by atomic mass is 10.1. The first kappa shape index (κ1) is 12.7. The fraction of sp³-hybridized carbons (Fsp3) is 0.222. The molecule has 0 amide bonds. The van der Waals surface area contributed by atoms with Gasteiger partial charge < -0.3 is 0 Å². The summed E-state index contributed by atoms with van der Waals surface area (Å²) in [6.07, 6.45) is 0. The van der Waals surface area contributed by atoms with Crippen LogP contribution in [0.3, 0.4) is 0 Å². The number of carbonyl (C=O) groups is 1. The minimum Gasteiger partial charge on any atom is -0.294 e. The fourth-order valence-electron chi connectivity index (χ4n) is 1.11. The molecule has 0 saturated carbocycles. The Morgan fingerprint density at radius 1 is 1.25 bits per heavy atom. The molecule has 88 valence electrons. The molecule has 1 aromatic carbocycles. The van der Waals surface area contributed by atoms with E-state index in [-0.39, 0.29) is 0 Å². The predicted molar refractivity (Wildman–Crippen MR) is 52.6 cm³/mol. The smallest absolute Gasteiger partial charge is 0.243 e. The van der Waals surface area contributed by atoms with Crippen LogP contribution in [0.1, 0.15) is 17.3 Å². The van der Waals surface area contributed by atoms with Crippen molar-refractivity contribution in [2.75, 3.05) is 7.05 Å². The number of nitrogens with one attached hydrogen (secondary N) is 1. The van der Waals surface area contributed by atoms with Crippen molar-refractivity contribution in [3.8, 4) is 0 Å². The zero-order valence-corrected chi connectivity index (χ0v) is 9.36. The molecule has 0 aliphatic heterocycles. The molecule has 4 nitrogen and oxygen atoms in total. The minimum atomic E-state index is -4.05. The van der Waals surface area contributed by atoms with Crippen molar-refractivity contribution in [1.82, 2.24) is 4.72 Å². The number of hydrogen-bond acceptors (Lipinski definition) is 3. The molecule has 0 fully saturated rings. The Hall–Kier alpha value is -1.34. The lowest BCUT2D eigenvalue weighted by Gasteiger charge is -2.06. The second kappa shape index (κ2) is 4.26. The highest BCUT2D eigenvalue weighted by Crippen LogP contribution is 2.19. The quantitative estimate of drug-likeness (QED) is 0.815. The van der Waals surface area contributed by atoms with Gasteiger partial charge in [0.05, 0.1) is 5.56 Å². The molecule has 0 bridgehead atoms. The number of halogens is 2. The fourth-order valence-corrected chi connectivity index (χ4v) is 1.92. The summed E-state index contributed by atoms with van der Waals surface area (Å²) in [5.41, 5.74) is -0.463. The van der Waals surface area contributed by atoms with Gasteiger partial charge in [-0.25, -0.2) is 21.9 Å². The molecule has 0 aliphatic carbocycles. The number of carbonyl (C=O) groups excluding carboxylic acids is 1. The van der Waals surface area contributed by atoms with Crippen molar-refractivity contribution >= 4 is 15.8 Å². The first-order chi connectivity index (χ1) is 7.29. The van der Waals surface area contributed by atoms with Gasteiger partial charge in [-0.3, -0.25) is 4.79 Å². The highest BCUT2D eigenvalue weighted by atomic mass is 32.2. The topological polar surface area (TPSA) is 63.2 Å². The third-order valence-electron chi connectivity index (χ3n) is 1.96. The number of sulfonamides is 1. The second-order valence-corrected chi connectivity index (χ2v) is 4.88. The Morgan fingerprint density at radius 3 is 2.25 bits per heavy atom. The molecule has 7 heteroatoms. The van der Waals surface area contributed by atoms with Crippen molar-refractivity contribution in [3.05, 3.63) is 29.3 Å². The monoisotopic (exact) mass is 249 g/mol. The normalized spacial score (nSPS) is 11.5. The Bertz CT molecular complexity index is 540. The first-order valence-electron chi connectivity index (χ1n) is 4.23. The summed E-state index contributed by atoms with van der Waals surface area (Å²) in [5, 5.41) is 0. The van der Waals surface area contributed by atoms with E-state index in [0.717, 1.165) is 14.0 Å².